The van der Waals surface area contributed by atoms with E-state index < -0.39 is 0 Å². The molecule has 6 heteroatoms. The van der Waals surface area contributed by atoms with Gasteiger partial charge in [0.2, 0.25) is 0 Å². The third-order valence-corrected chi connectivity index (χ3v) is 4.71. The average Bonchev–Trinajstić information content (AvgIpc) is 3.33. The molecule has 1 aliphatic heterocycles. The van der Waals surface area contributed by atoms with Crippen LogP contribution in [-0.4, -0.2) is 35.9 Å². The van der Waals surface area contributed by atoms with E-state index >= 15 is 0 Å². The first-order chi connectivity index (χ1) is 12.8. The van der Waals surface area contributed by atoms with Crippen LogP contribution in [0.15, 0.2) is 72.0 Å². The first-order valence-corrected chi connectivity index (χ1v) is 9.00. The summed E-state index contributed by atoms with van der Waals surface area (Å²) in [6, 6.07) is 18.7. The summed E-state index contributed by atoms with van der Waals surface area (Å²) in [5.74, 6) is 0.936. The van der Waals surface area contributed by atoms with Crippen LogP contribution in [0.4, 0.5) is 5.69 Å². The van der Waals surface area contributed by atoms with Crippen molar-refractivity contribution >= 4 is 35.6 Å². The van der Waals surface area contributed by atoms with E-state index in [0.29, 0.717) is 0 Å². The van der Waals surface area contributed by atoms with Crippen LogP contribution in [0.3, 0.4) is 0 Å². The van der Waals surface area contributed by atoms with Gasteiger partial charge in [0.25, 0.3) is 0 Å². The zero-order valence-electron chi connectivity index (χ0n) is 15.4. The minimum Gasteiger partial charge on any atom is -0.356 e. The molecule has 2 heterocycles. The Labute approximate surface area is 177 Å². The minimum atomic E-state index is 0. The van der Waals surface area contributed by atoms with Gasteiger partial charge in [-0.15, -0.1) is 24.0 Å². The summed E-state index contributed by atoms with van der Waals surface area (Å²) < 4.78 is 1.92. The Morgan fingerprint density at radius 3 is 2.70 bits per heavy atom. The summed E-state index contributed by atoms with van der Waals surface area (Å²) >= 11 is 0. The number of fused-ring (bicyclic) bond motifs is 1. The van der Waals surface area contributed by atoms with E-state index in [0.717, 1.165) is 37.6 Å². The monoisotopic (exact) mass is 473 g/mol. The van der Waals surface area contributed by atoms with Crippen molar-refractivity contribution < 1.29 is 0 Å². The molecule has 0 amide bonds. The van der Waals surface area contributed by atoms with Crippen molar-refractivity contribution in [3.8, 4) is 5.69 Å². The Balaban J connectivity index is 0.00000210. The lowest BCUT2D eigenvalue weighted by molar-refractivity contribution is 0.835. The van der Waals surface area contributed by atoms with Crippen molar-refractivity contribution in [2.45, 2.75) is 12.8 Å². The molecule has 3 aromatic rings. The van der Waals surface area contributed by atoms with Gasteiger partial charge in [-0.05, 0) is 42.2 Å². The Kier molecular flexibility index (Phi) is 6.49. The first-order valence-electron chi connectivity index (χ1n) is 9.00. The van der Waals surface area contributed by atoms with Crippen molar-refractivity contribution in [3.05, 3.63) is 78.1 Å². The fraction of sp³-hybridized carbons (Fsp3) is 0.238. The van der Waals surface area contributed by atoms with Gasteiger partial charge in [-0.25, -0.2) is 4.68 Å². The fourth-order valence-corrected chi connectivity index (χ4v) is 3.38. The number of aromatic nitrogens is 2. The van der Waals surface area contributed by atoms with Gasteiger partial charge < -0.3 is 10.2 Å². The highest BCUT2D eigenvalue weighted by Crippen LogP contribution is 2.27. The predicted molar refractivity (Wildman–Crippen MR) is 122 cm³/mol. The number of guanidine groups is 1. The maximum Gasteiger partial charge on any atom is 0.198 e. The Bertz CT molecular complexity index is 904. The van der Waals surface area contributed by atoms with E-state index in [1.807, 2.05) is 36.1 Å². The van der Waals surface area contributed by atoms with E-state index in [4.69, 9.17) is 0 Å². The number of aliphatic imine (C=N–C) groups is 1. The molecule has 0 spiro atoms. The molecule has 0 atom stereocenters. The maximum absolute atomic E-state index is 4.46. The molecule has 0 unspecified atom stereocenters. The van der Waals surface area contributed by atoms with Crippen molar-refractivity contribution in [2.75, 3.05) is 25.0 Å². The van der Waals surface area contributed by atoms with E-state index in [1.54, 1.807) is 0 Å². The quantitative estimate of drug-likeness (QED) is 0.358. The van der Waals surface area contributed by atoms with Crippen molar-refractivity contribution in [1.29, 1.82) is 0 Å². The smallest absolute Gasteiger partial charge is 0.198 e. The summed E-state index contributed by atoms with van der Waals surface area (Å²) in [5, 5.41) is 7.95. The number of halogens is 1. The van der Waals surface area contributed by atoms with Crippen LogP contribution >= 0.6 is 24.0 Å². The molecular formula is C21H24IN5. The molecule has 0 bridgehead atoms. The number of rotatable bonds is 4. The molecule has 5 nitrogen and oxygen atoms in total. The standard InChI is InChI=1S/C21H23N5.HI/c1-22-21(25-14-12-18-7-5-6-10-20(18)25)23-13-11-17-15-24-26(16-17)19-8-3-2-4-9-19;/h2-10,15-16H,11-14H2,1H3,(H,22,23);1H. The van der Waals surface area contributed by atoms with Crippen LogP contribution < -0.4 is 10.2 Å². The summed E-state index contributed by atoms with van der Waals surface area (Å²) in [6.45, 7) is 1.80. The van der Waals surface area contributed by atoms with E-state index in [9.17, 15) is 0 Å². The molecule has 140 valence electrons. The van der Waals surface area contributed by atoms with Gasteiger partial charge in [0.05, 0.1) is 11.9 Å². The lowest BCUT2D eigenvalue weighted by Crippen LogP contribution is -2.41. The zero-order chi connectivity index (χ0) is 17.8. The second-order valence-corrected chi connectivity index (χ2v) is 6.38. The van der Waals surface area contributed by atoms with E-state index in [1.165, 1.54) is 16.8 Å². The SMILES string of the molecule is CN=C(NCCc1cnn(-c2ccccc2)c1)N1CCc2ccccc21.I. The molecule has 0 saturated heterocycles. The van der Waals surface area contributed by atoms with Gasteiger partial charge >= 0.3 is 0 Å². The molecule has 1 N–H and O–H groups in total. The number of nitrogens with one attached hydrogen (secondary N) is 1. The minimum absolute atomic E-state index is 0. The van der Waals surface area contributed by atoms with Crippen LogP contribution in [0.1, 0.15) is 11.1 Å². The summed E-state index contributed by atoms with van der Waals surface area (Å²) in [4.78, 5) is 6.73. The van der Waals surface area contributed by atoms with Gasteiger partial charge in [-0.1, -0.05) is 36.4 Å². The third-order valence-electron chi connectivity index (χ3n) is 4.71. The number of hydrogen-bond acceptors (Lipinski definition) is 2. The van der Waals surface area contributed by atoms with Crippen molar-refractivity contribution in [3.63, 3.8) is 0 Å². The van der Waals surface area contributed by atoms with Gasteiger partial charge in [0, 0.05) is 32.0 Å². The summed E-state index contributed by atoms with van der Waals surface area (Å²) in [6.07, 6.45) is 6.00. The number of hydrogen-bond donors (Lipinski definition) is 1. The highest BCUT2D eigenvalue weighted by atomic mass is 127. The van der Waals surface area contributed by atoms with Crippen molar-refractivity contribution in [2.24, 2.45) is 4.99 Å². The van der Waals surface area contributed by atoms with Crippen LogP contribution in [-0.2, 0) is 12.8 Å². The second kappa shape index (κ2) is 9.03. The maximum atomic E-state index is 4.46. The highest BCUT2D eigenvalue weighted by Gasteiger charge is 2.22. The van der Waals surface area contributed by atoms with Crippen LogP contribution in [0.25, 0.3) is 5.69 Å². The molecule has 2 aromatic carbocycles. The molecular weight excluding hydrogens is 449 g/mol. The lowest BCUT2D eigenvalue weighted by Gasteiger charge is -2.22. The third kappa shape index (κ3) is 4.32. The topological polar surface area (TPSA) is 45.5 Å². The number of nitrogens with zero attached hydrogens (tertiary/aromatic N) is 4. The largest absolute Gasteiger partial charge is 0.356 e. The molecule has 0 radical (unpaired) electrons. The molecule has 4 rings (SSSR count). The molecule has 1 aliphatic rings. The Morgan fingerprint density at radius 2 is 1.89 bits per heavy atom. The normalized spacial score (nSPS) is 13.2. The zero-order valence-corrected chi connectivity index (χ0v) is 17.7. The summed E-state index contributed by atoms with van der Waals surface area (Å²) in [5.41, 5.74) is 4.94. The van der Waals surface area contributed by atoms with E-state index in [-0.39, 0.29) is 24.0 Å². The van der Waals surface area contributed by atoms with Gasteiger partial charge in [-0.2, -0.15) is 5.10 Å². The molecule has 0 saturated carbocycles. The Morgan fingerprint density at radius 1 is 1.11 bits per heavy atom. The Hall–Kier alpha value is -2.35. The van der Waals surface area contributed by atoms with E-state index in [2.05, 4.69) is 62.9 Å². The average molecular weight is 473 g/mol. The number of anilines is 1. The molecule has 0 aliphatic carbocycles. The van der Waals surface area contributed by atoms with Crippen LogP contribution in [0, 0.1) is 0 Å². The summed E-state index contributed by atoms with van der Waals surface area (Å²) in [7, 11) is 1.84. The first kappa shape index (κ1) is 19.4. The molecule has 0 fully saturated rings. The van der Waals surface area contributed by atoms with Crippen LogP contribution in [0.2, 0.25) is 0 Å². The van der Waals surface area contributed by atoms with Gasteiger partial charge in [-0.3, -0.25) is 4.99 Å². The number of benzene rings is 2. The molecule has 27 heavy (non-hydrogen) atoms. The highest BCUT2D eigenvalue weighted by molar-refractivity contribution is 14.0. The van der Waals surface area contributed by atoms with Crippen LogP contribution in [0.5, 0.6) is 0 Å². The predicted octanol–water partition coefficient (Wildman–Crippen LogP) is 3.67. The molecule has 1 aromatic heterocycles. The lowest BCUT2D eigenvalue weighted by atomic mass is 10.2. The van der Waals surface area contributed by atoms with Gasteiger partial charge in [0.15, 0.2) is 5.96 Å². The van der Waals surface area contributed by atoms with Gasteiger partial charge in [0.1, 0.15) is 0 Å². The fourth-order valence-electron chi connectivity index (χ4n) is 3.38. The number of para-hydroxylation sites is 2. The second-order valence-electron chi connectivity index (χ2n) is 6.38. The van der Waals surface area contributed by atoms with Crippen molar-refractivity contribution in [1.82, 2.24) is 15.1 Å².